The van der Waals surface area contributed by atoms with E-state index in [1.807, 2.05) is 31.2 Å². The highest BCUT2D eigenvalue weighted by Crippen LogP contribution is 2.22. The van der Waals surface area contributed by atoms with Gasteiger partial charge in [0.1, 0.15) is 6.10 Å². The molecular formula is C18H27NO3. The van der Waals surface area contributed by atoms with Crippen LogP contribution in [0.1, 0.15) is 51.5 Å². The quantitative estimate of drug-likeness (QED) is 0.831. The van der Waals surface area contributed by atoms with Gasteiger partial charge in [-0.25, -0.2) is 0 Å². The maximum absolute atomic E-state index is 12.0. The average Bonchev–Trinajstić information content (AvgIpc) is 2.54. The maximum Gasteiger partial charge on any atom is 0.253 e. The molecule has 1 aromatic carbocycles. The number of ether oxygens (including phenoxy) is 2. The van der Waals surface area contributed by atoms with Gasteiger partial charge in [-0.05, 0) is 44.4 Å². The number of benzene rings is 1. The third kappa shape index (κ3) is 5.43. The highest BCUT2D eigenvalue weighted by Gasteiger charge is 2.15. The van der Waals surface area contributed by atoms with Crippen molar-refractivity contribution in [1.82, 2.24) is 0 Å². The standard InChI is InChI=1S/C18H27NO3/c1-3-21-14(2)18(20)19-16-9-7-8-15(12-16)13-22-17-10-5-4-6-11-17/h7-9,12,14,17H,3-6,10-11,13H2,1-2H3,(H,19,20). The lowest BCUT2D eigenvalue weighted by molar-refractivity contribution is -0.126. The molecule has 4 nitrogen and oxygen atoms in total. The van der Waals surface area contributed by atoms with Crippen molar-refractivity contribution < 1.29 is 14.3 Å². The average molecular weight is 305 g/mol. The molecule has 122 valence electrons. The molecule has 0 saturated heterocycles. The zero-order chi connectivity index (χ0) is 15.8. The minimum Gasteiger partial charge on any atom is -0.374 e. The van der Waals surface area contributed by atoms with Gasteiger partial charge in [-0.3, -0.25) is 4.79 Å². The number of amides is 1. The lowest BCUT2D eigenvalue weighted by Gasteiger charge is -2.22. The summed E-state index contributed by atoms with van der Waals surface area (Å²) >= 11 is 0. The summed E-state index contributed by atoms with van der Waals surface area (Å²) in [4.78, 5) is 12.0. The van der Waals surface area contributed by atoms with E-state index in [0.29, 0.717) is 19.3 Å². The monoisotopic (exact) mass is 305 g/mol. The van der Waals surface area contributed by atoms with Crippen LogP contribution in [-0.4, -0.2) is 24.7 Å². The Balaban J connectivity index is 1.85. The summed E-state index contributed by atoms with van der Waals surface area (Å²) in [5.74, 6) is -0.118. The second-order valence-corrected chi connectivity index (χ2v) is 5.86. The van der Waals surface area contributed by atoms with Crippen LogP contribution in [0.15, 0.2) is 24.3 Å². The van der Waals surface area contributed by atoms with E-state index < -0.39 is 6.10 Å². The van der Waals surface area contributed by atoms with Crippen LogP contribution in [0.25, 0.3) is 0 Å². The minimum absolute atomic E-state index is 0.118. The molecule has 0 bridgehead atoms. The van der Waals surface area contributed by atoms with E-state index in [4.69, 9.17) is 9.47 Å². The van der Waals surface area contributed by atoms with Crippen molar-refractivity contribution in [2.75, 3.05) is 11.9 Å². The predicted molar refractivity (Wildman–Crippen MR) is 87.8 cm³/mol. The zero-order valence-electron chi connectivity index (χ0n) is 13.6. The Hall–Kier alpha value is -1.39. The van der Waals surface area contributed by atoms with Crippen molar-refractivity contribution in [2.24, 2.45) is 0 Å². The Labute approximate surface area is 133 Å². The predicted octanol–water partition coefficient (Wildman–Crippen LogP) is 3.90. The number of hydrogen-bond donors (Lipinski definition) is 1. The summed E-state index contributed by atoms with van der Waals surface area (Å²) in [5.41, 5.74) is 1.88. The topological polar surface area (TPSA) is 47.6 Å². The smallest absolute Gasteiger partial charge is 0.253 e. The van der Waals surface area contributed by atoms with Gasteiger partial charge in [0.2, 0.25) is 0 Å². The largest absolute Gasteiger partial charge is 0.374 e. The first-order chi connectivity index (χ1) is 10.7. The first-order valence-corrected chi connectivity index (χ1v) is 8.32. The van der Waals surface area contributed by atoms with Crippen LogP contribution in [0.2, 0.25) is 0 Å². The Kier molecular flexibility index (Phi) is 6.87. The molecule has 22 heavy (non-hydrogen) atoms. The lowest BCUT2D eigenvalue weighted by Crippen LogP contribution is -2.27. The molecule has 1 aliphatic rings. The van der Waals surface area contributed by atoms with E-state index in [1.165, 1.54) is 32.1 Å². The number of carbonyl (C=O) groups is 1. The molecule has 0 aromatic heterocycles. The fraction of sp³-hybridized carbons (Fsp3) is 0.611. The first-order valence-electron chi connectivity index (χ1n) is 8.32. The Morgan fingerprint density at radius 3 is 2.82 bits per heavy atom. The lowest BCUT2D eigenvalue weighted by atomic mass is 9.98. The van der Waals surface area contributed by atoms with Crippen molar-refractivity contribution in [3.63, 3.8) is 0 Å². The van der Waals surface area contributed by atoms with E-state index in [9.17, 15) is 4.79 Å². The highest BCUT2D eigenvalue weighted by atomic mass is 16.5. The molecule has 0 heterocycles. The summed E-state index contributed by atoms with van der Waals surface area (Å²) in [6.45, 7) is 4.78. The summed E-state index contributed by atoms with van der Waals surface area (Å²) in [6.07, 6.45) is 6.17. The van der Waals surface area contributed by atoms with Crippen LogP contribution >= 0.6 is 0 Å². The van der Waals surface area contributed by atoms with E-state index >= 15 is 0 Å². The van der Waals surface area contributed by atoms with Crippen LogP contribution in [0.3, 0.4) is 0 Å². The number of rotatable bonds is 7. The summed E-state index contributed by atoms with van der Waals surface area (Å²) < 4.78 is 11.3. The van der Waals surface area contributed by atoms with Crippen LogP contribution < -0.4 is 5.32 Å². The summed E-state index contributed by atoms with van der Waals surface area (Å²) in [7, 11) is 0. The van der Waals surface area contributed by atoms with E-state index in [0.717, 1.165) is 11.3 Å². The Bertz CT molecular complexity index is 469. The van der Waals surface area contributed by atoms with E-state index in [1.54, 1.807) is 6.92 Å². The van der Waals surface area contributed by atoms with Gasteiger partial charge in [0.05, 0.1) is 12.7 Å². The molecule has 1 amide bonds. The van der Waals surface area contributed by atoms with Crippen molar-refractivity contribution in [3.8, 4) is 0 Å². The molecule has 0 aliphatic heterocycles. The summed E-state index contributed by atoms with van der Waals surface area (Å²) in [6, 6.07) is 7.84. The molecule has 1 unspecified atom stereocenters. The molecule has 2 rings (SSSR count). The van der Waals surface area contributed by atoms with Gasteiger partial charge in [-0.2, -0.15) is 0 Å². The van der Waals surface area contributed by atoms with Gasteiger partial charge in [-0.1, -0.05) is 31.4 Å². The highest BCUT2D eigenvalue weighted by molar-refractivity contribution is 5.93. The molecule has 0 spiro atoms. The number of anilines is 1. The molecule has 1 aliphatic carbocycles. The molecule has 1 fully saturated rings. The number of nitrogens with one attached hydrogen (secondary N) is 1. The van der Waals surface area contributed by atoms with Crippen LogP contribution in [-0.2, 0) is 20.9 Å². The molecule has 0 radical (unpaired) electrons. The third-order valence-electron chi connectivity index (χ3n) is 4.02. The molecular weight excluding hydrogens is 278 g/mol. The van der Waals surface area contributed by atoms with Gasteiger partial charge in [0.25, 0.3) is 5.91 Å². The van der Waals surface area contributed by atoms with Crippen LogP contribution in [0.5, 0.6) is 0 Å². The van der Waals surface area contributed by atoms with Crippen LogP contribution in [0.4, 0.5) is 5.69 Å². The van der Waals surface area contributed by atoms with Crippen molar-refractivity contribution in [3.05, 3.63) is 29.8 Å². The van der Waals surface area contributed by atoms with Gasteiger partial charge < -0.3 is 14.8 Å². The summed E-state index contributed by atoms with van der Waals surface area (Å²) in [5, 5.41) is 2.89. The molecule has 1 N–H and O–H groups in total. The van der Waals surface area contributed by atoms with E-state index in [2.05, 4.69) is 5.32 Å². The second-order valence-electron chi connectivity index (χ2n) is 5.86. The Morgan fingerprint density at radius 1 is 1.32 bits per heavy atom. The van der Waals surface area contributed by atoms with Crippen LogP contribution in [0, 0.1) is 0 Å². The molecule has 1 aromatic rings. The molecule has 1 saturated carbocycles. The SMILES string of the molecule is CCOC(C)C(=O)Nc1cccc(COC2CCCCC2)c1. The second kappa shape index (κ2) is 8.91. The van der Waals surface area contributed by atoms with Gasteiger partial charge >= 0.3 is 0 Å². The van der Waals surface area contributed by atoms with Crippen molar-refractivity contribution in [1.29, 1.82) is 0 Å². The minimum atomic E-state index is -0.438. The number of carbonyl (C=O) groups excluding carboxylic acids is 1. The zero-order valence-corrected chi connectivity index (χ0v) is 13.6. The normalized spacial score (nSPS) is 17.2. The molecule has 1 atom stereocenters. The third-order valence-corrected chi connectivity index (χ3v) is 4.02. The van der Waals surface area contributed by atoms with E-state index in [-0.39, 0.29) is 5.91 Å². The maximum atomic E-state index is 12.0. The fourth-order valence-corrected chi connectivity index (χ4v) is 2.75. The van der Waals surface area contributed by atoms with Gasteiger partial charge in [0.15, 0.2) is 0 Å². The van der Waals surface area contributed by atoms with Gasteiger partial charge in [-0.15, -0.1) is 0 Å². The van der Waals surface area contributed by atoms with Crippen molar-refractivity contribution >= 4 is 11.6 Å². The molecule has 4 heteroatoms. The Morgan fingerprint density at radius 2 is 2.09 bits per heavy atom. The number of hydrogen-bond acceptors (Lipinski definition) is 3. The first kappa shape index (κ1) is 17.0. The van der Waals surface area contributed by atoms with Gasteiger partial charge in [0, 0.05) is 12.3 Å². The fourth-order valence-electron chi connectivity index (χ4n) is 2.75. The van der Waals surface area contributed by atoms with Crippen molar-refractivity contribution in [2.45, 2.75) is 64.8 Å².